The number of rotatable bonds is 6. The van der Waals surface area contributed by atoms with Gasteiger partial charge in [0.2, 0.25) is 0 Å². The van der Waals surface area contributed by atoms with Gasteiger partial charge in [0.1, 0.15) is 5.75 Å². The zero-order valence-electron chi connectivity index (χ0n) is 14.4. The Bertz CT molecular complexity index is 870. The lowest BCUT2D eigenvalue weighted by atomic mass is 9.99. The zero-order valence-corrected chi connectivity index (χ0v) is 14.4. The number of fused-ring (bicyclic) bond motifs is 1. The molecule has 0 radical (unpaired) electrons. The Kier molecular flexibility index (Phi) is 5.31. The highest BCUT2D eigenvalue weighted by atomic mass is 16.7. The topological polar surface area (TPSA) is 47.6 Å². The van der Waals surface area contributed by atoms with Crippen LogP contribution in [0.2, 0.25) is 0 Å². The van der Waals surface area contributed by atoms with Crippen LogP contribution in [0.1, 0.15) is 28.9 Å². The van der Waals surface area contributed by atoms with Gasteiger partial charge in [0.15, 0.2) is 6.79 Å². The Balaban J connectivity index is 1.83. The molecule has 3 aromatic rings. The Morgan fingerprint density at radius 1 is 1.00 bits per heavy atom. The van der Waals surface area contributed by atoms with Gasteiger partial charge in [0.05, 0.1) is 11.6 Å². The molecule has 3 rings (SSSR count). The van der Waals surface area contributed by atoms with Gasteiger partial charge >= 0.3 is 0 Å². The van der Waals surface area contributed by atoms with Crippen LogP contribution >= 0.6 is 0 Å². The fourth-order valence-electron chi connectivity index (χ4n) is 2.88. The van der Waals surface area contributed by atoms with Gasteiger partial charge in [-0.2, -0.15) is 0 Å². The average Bonchev–Trinajstić information content (AvgIpc) is 2.66. The van der Waals surface area contributed by atoms with Crippen molar-refractivity contribution in [3.8, 4) is 5.75 Å². The van der Waals surface area contributed by atoms with E-state index < -0.39 is 0 Å². The first-order chi connectivity index (χ1) is 12.2. The quantitative estimate of drug-likeness (QED) is 0.683. The maximum atomic E-state index is 12.7. The number of para-hydroxylation sites is 1. The number of hydrogen-bond donors (Lipinski definition) is 1. The van der Waals surface area contributed by atoms with Gasteiger partial charge in [-0.05, 0) is 35.4 Å². The number of ether oxygens (including phenoxy) is 2. The predicted molar refractivity (Wildman–Crippen MR) is 98.8 cm³/mol. The van der Waals surface area contributed by atoms with Crippen LogP contribution in [0.5, 0.6) is 5.75 Å². The van der Waals surface area contributed by atoms with Crippen molar-refractivity contribution in [1.29, 1.82) is 0 Å². The second kappa shape index (κ2) is 7.81. The van der Waals surface area contributed by atoms with Crippen molar-refractivity contribution in [2.75, 3.05) is 13.9 Å². The Morgan fingerprint density at radius 3 is 2.56 bits per heavy atom. The highest BCUT2D eigenvalue weighted by Crippen LogP contribution is 2.25. The molecule has 0 aliphatic rings. The van der Waals surface area contributed by atoms with E-state index in [1.165, 1.54) is 0 Å². The number of hydrogen-bond acceptors (Lipinski definition) is 3. The van der Waals surface area contributed by atoms with Crippen molar-refractivity contribution in [1.82, 2.24) is 5.32 Å². The monoisotopic (exact) mass is 335 g/mol. The molecule has 0 saturated carbocycles. The van der Waals surface area contributed by atoms with E-state index in [4.69, 9.17) is 9.47 Å². The lowest BCUT2D eigenvalue weighted by Gasteiger charge is -2.18. The van der Waals surface area contributed by atoms with Crippen LogP contribution in [0.4, 0.5) is 0 Å². The van der Waals surface area contributed by atoms with Crippen LogP contribution in [0.25, 0.3) is 10.8 Å². The summed E-state index contributed by atoms with van der Waals surface area (Å²) in [7, 11) is 1.55. The summed E-state index contributed by atoms with van der Waals surface area (Å²) >= 11 is 0. The highest BCUT2D eigenvalue weighted by Gasteiger charge is 2.16. The molecular weight excluding hydrogens is 314 g/mol. The lowest BCUT2D eigenvalue weighted by molar-refractivity contribution is 0.0500. The van der Waals surface area contributed by atoms with E-state index in [1.807, 2.05) is 43.3 Å². The molecule has 4 heteroatoms. The Hall–Kier alpha value is -2.85. The van der Waals surface area contributed by atoms with Crippen LogP contribution in [0.3, 0.4) is 0 Å². The molecule has 0 bridgehead atoms. The molecule has 1 N–H and O–H groups in total. The first-order valence-corrected chi connectivity index (χ1v) is 8.20. The molecule has 3 aromatic carbocycles. The maximum Gasteiger partial charge on any atom is 0.255 e. The van der Waals surface area contributed by atoms with Gasteiger partial charge in [-0.3, -0.25) is 4.79 Å². The lowest BCUT2D eigenvalue weighted by Crippen LogP contribution is -2.27. The standard InChI is InChI=1S/C21H21NO3/c1-15(17-12-7-9-16-8-3-4-10-18(16)17)22-21(23)19-11-5-6-13-20(19)25-14-24-2/h3-13,15H,14H2,1-2H3,(H,22,23)/t15-/m1/s1. The number of methoxy groups -OCH3 is 1. The van der Waals surface area contributed by atoms with Gasteiger partial charge in [-0.15, -0.1) is 0 Å². The minimum atomic E-state index is -0.174. The normalized spacial score (nSPS) is 11.9. The van der Waals surface area contributed by atoms with Crippen LogP contribution in [0, 0.1) is 0 Å². The molecule has 1 atom stereocenters. The summed E-state index contributed by atoms with van der Waals surface area (Å²) in [5.41, 5.74) is 1.58. The number of benzene rings is 3. The summed E-state index contributed by atoms with van der Waals surface area (Å²) in [6, 6.07) is 21.3. The van der Waals surface area contributed by atoms with Crippen molar-refractivity contribution in [3.63, 3.8) is 0 Å². The van der Waals surface area contributed by atoms with E-state index in [0.717, 1.165) is 16.3 Å². The molecule has 0 aliphatic heterocycles. The fourth-order valence-corrected chi connectivity index (χ4v) is 2.88. The second-order valence-corrected chi connectivity index (χ2v) is 5.81. The van der Waals surface area contributed by atoms with Crippen LogP contribution in [0.15, 0.2) is 66.7 Å². The molecular formula is C21H21NO3. The summed E-state index contributed by atoms with van der Waals surface area (Å²) < 4.78 is 10.4. The predicted octanol–water partition coefficient (Wildman–Crippen LogP) is 4.31. The van der Waals surface area contributed by atoms with Gasteiger partial charge in [-0.25, -0.2) is 0 Å². The number of carbonyl (C=O) groups excluding carboxylic acids is 1. The average molecular weight is 335 g/mol. The summed E-state index contributed by atoms with van der Waals surface area (Å²) in [5, 5.41) is 5.36. The van der Waals surface area contributed by atoms with Crippen molar-refractivity contribution in [2.24, 2.45) is 0 Å². The molecule has 25 heavy (non-hydrogen) atoms. The Morgan fingerprint density at radius 2 is 1.72 bits per heavy atom. The smallest absolute Gasteiger partial charge is 0.255 e. The summed E-state index contributed by atoms with van der Waals surface area (Å²) in [5.74, 6) is 0.333. The molecule has 0 aromatic heterocycles. The second-order valence-electron chi connectivity index (χ2n) is 5.81. The first kappa shape index (κ1) is 17.0. The number of nitrogens with one attached hydrogen (secondary N) is 1. The van der Waals surface area contributed by atoms with Crippen molar-refractivity contribution in [2.45, 2.75) is 13.0 Å². The molecule has 128 valence electrons. The third-order valence-electron chi connectivity index (χ3n) is 4.10. The molecule has 0 saturated heterocycles. The van der Waals surface area contributed by atoms with Crippen molar-refractivity contribution >= 4 is 16.7 Å². The van der Waals surface area contributed by atoms with Crippen LogP contribution < -0.4 is 10.1 Å². The molecule has 0 spiro atoms. The van der Waals surface area contributed by atoms with Crippen molar-refractivity contribution in [3.05, 3.63) is 77.9 Å². The van der Waals surface area contributed by atoms with E-state index in [2.05, 4.69) is 23.5 Å². The van der Waals surface area contributed by atoms with Crippen molar-refractivity contribution < 1.29 is 14.3 Å². The largest absolute Gasteiger partial charge is 0.467 e. The molecule has 1 amide bonds. The van der Waals surface area contributed by atoms with E-state index in [1.54, 1.807) is 19.2 Å². The molecule has 0 aliphatic carbocycles. The third-order valence-corrected chi connectivity index (χ3v) is 4.10. The van der Waals surface area contributed by atoms with E-state index in [0.29, 0.717) is 11.3 Å². The van der Waals surface area contributed by atoms with E-state index in [9.17, 15) is 4.79 Å². The van der Waals surface area contributed by atoms with Crippen LogP contribution in [-0.2, 0) is 4.74 Å². The molecule has 4 nitrogen and oxygen atoms in total. The van der Waals surface area contributed by atoms with Gasteiger partial charge in [0, 0.05) is 7.11 Å². The molecule has 0 unspecified atom stereocenters. The van der Waals surface area contributed by atoms with Crippen LogP contribution in [-0.4, -0.2) is 19.8 Å². The summed E-state index contributed by atoms with van der Waals surface area (Å²) in [6.07, 6.45) is 0. The fraction of sp³-hybridized carbons (Fsp3) is 0.190. The SMILES string of the molecule is COCOc1ccccc1C(=O)N[C@H](C)c1cccc2ccccc12. The summed E-state index contributed by atoms with van der Waals surface area (Å²) in [6.45, 7) is 2.08. The summed E-state index contributed by atoms with van der Waals surface area (Å²) in [4.78, 5) is 12.7. The van der Waals surface area contributed by atoms with Gasteiger partial charge in [-0.1, -0.05) is 54.6 Å². The van der Waals surface area contributed by atoms with Gasteiger partial charge in [0.25, 0.3) is 5.91 Å². The molecule has 0 heterocycles. The zero-order chi connectivity index (χ0) is 17.6. The number of carbonyl (C=O) groups is 1. The van der Waals surface area contributed by atoms with E-state index >= 15 is 0 Å². The number of amides is 1. The minimum absolute atomic E-state index is 0.100. The molecule has 0 fully saturated rings. The van der Waals surface area contributed by atoms with E-state index in [-0.39, 0.29) is 18.7 Å². The van der Waals surface area contributed by atoms with Gasteiger partial charge < -0.3 is 14.8 Å². The first-order valence-electron chi connectivity index (χ1n) is 8.20. The minimum Gasteiger partial charge on any atom is -0.467 e. The maximum absolute atomic E-state index is 12.7. The third kappa shape index (κ3) is 3.80. The highest BCUT2D eigenvalue weighted by molar-refractivity contribution is 5.97. The Labute approximate surface area is 147 Å².